The van der Waals surface area contributed by atoms with Crippen LogP contribution in [0.15, 0.2) is 47.4 Å². The summed E-state index contributed by atoms with van der Waals surface area (Å²) in [5.41, 5.74) is 3.34. The van der Waals surface area contributed by atoms with E-state index in [1.807, 2.05) is 26.0 Å². The Morgan fingerprint density at radius 2 is 1.70 bits per heavy atom. The van der Waals surface area contributed by atoms with Crippen LogP contribution in [0.5, 0.6) is 0 Å². The molecule has 6 heteroatoms. The Morgan fingerprint density at radius 1 is 1.04 bits per heavy atom. The van der Waals surface area contributed by atoms with Gasteiger partial charge in [0.2, 0.25) is 5.91 Å². The lowest BCUT2D eigenvalue weighted by molar-refractivity contribution is -0.119. The molecule has 122 valence electrons. The molecule has 0 heterocycles. The smallest absolute Gasteiger partial charge is 0.261 e. The third-order valence-electron chi connectivity index (χ3n) is 3.62. The molecule has 23 heavy (non-hydrogen) atoms. The van der Waals surface area contributed by atoms with E-state index < -0.39 is 10.0 Å². The van der Waals surface area contributed by atoms with Crippen molar-refractivity contribution in [3.8, 4) is 0 Å². The van der Waals surface area contributed by atoms with Crippen LogP contribution in [0, 0.1) is 13.8 Å². The summed E-state index contributed by atoms with van der Waals surface area (Å²) in [6.45, 7) is 5.63. The molecule has 0 spiro atoms. The Balaban J connectivity index is 2.19. The molecule has 0 unspecified atom stereocenters. The molecule has 0 aliphatic rings. The number of amides is 1. The Morgan fingerprint density at radius 3 is 2.30 bits per heavy atom. The number of aryl methyl sites for hydroxylation is 1. The van der Waals surface area contributed by atoms with Crippen molar-refractivity contribution in [3.05, 3.63) is 59.2 Å². The number of sulfonamides is 1. The molecule has 0 aliphatic heterocycles. The van der Waals surface area contributed by atoms with E-state index in [1.165, 1.54) is 19.1 Å². The maximum absolute atomic E-state index is 12.5. The molecule has 0 radical (unpaired) electrons. The summed E-state index contributed by atoms with van der Waals surface area (Å²) in [4.78, 5) is 11.1. The fraction of sp³-hybridized carbons (Fsp3) is 0.235. The third kappa shape index (κ3) is 4.32. The molecule has 0 bridgehead atoms. The summed E-state index contributed by atoms with van der Waals surface area (Å²) < 4.78 is 27.5. The number of carbonyl (C=O) groups is 1. The monoisotopic (exact) mass is 332 g/mol. The molecule has 0 aliphatic carbocycles. The normalized spacial score (nSPS) is 11.1. The molecule has 2 aromatic rings. The molecule has 0 fully saturated rings. The van der Waals surface area contributed by atoms with Gasteiger partial charge >= 0.3 is 0 Å². The van der Waals surface area contributed by atoms with Gasteiger partial charge in [-0.2, -0.15) is 0 Å². The number of hydrogen-bond acceptors (Lipinski definition) is 3. The van der Waals surface area contributed by atoms with Gasteiger partial charge in [-0.1, -0.05) is 24.3 Å². The second-order valence-electron chi connectivity index (χ2n) is 5.41. The number of benzene rings is 2. The molecule has 1 amide bonds. The van der Waals surface area contributed by atoms with Gasteiger partial charge in [-0.05, 0) is 48.7 Å². The van der Waals surface area contributed by atoms with Gasteiger partial charge in [0.25, 0.3) is 10.0 Å². The van der Waals surface area contributed by atoms with Gasteiger partial charge in [0.05, 0.1) is 10.6 Å². The topological polar surface area (TPSA) is 75.3 Å². The maximum Gasteiger partial charge on any atom is 0.261 e. The standard InChI is InChI=1S/C17H20N2O3S/c1-12-5-4-6-17(13(12)2)19-23(21,22)16-9-7-15(8-10-16)11-18-14(3)20/h4-10,19H,11H2,1-3H3,(H,18,20). The highest BCUT2D eigenvalue weighted by Crippen LogP contribution is 2.22. The Bertz CT molecular complexity index is 812. The van der Waals surface area contributed by atoms with Crippen LogP contribution in [-0.2, 0) is 21.4 Å². The highest BCUT2D eigenvalue weighted by atomic mass is 32.2. The summed E-state index contributed by atoms with van der Waals surface area (Å²) in [6.07, 6.45) is 0. The van der Waals surface area contributed by atoms with E-state index in [0.29, 0.717) is 12.2 Å². The Hall–Kier alpha value is -2.34. The van der Waals surface area contributed by atoms with Crippen LogP contribution in [0.4, 0.5) is 5.69 Å². The highest BCUT2D eigenvalue weighted by Gasteiger charge is 2.15. The summed E-state index contributed by atoms with van der Waals surface area (Å²) in [5.74, 6) is -0.127. The van der Waals surface area contributed by atoms with Crippen LogP contribution in [0.2, 0.25) is 0 Å². The first kappa shape index (κ1) is 17.0. The van der Waals surface area contributed by atoms with Crippen molar-refractivity contribution in [3.63, 3.8) is 0 Å². The molecule has 0 saturated heterocycles. The summed E-state index contributed by atoms with van der Waals surface area (Å²) in [6, 6.07) is 11.9. The second-order valence-corrected chi connectivity index (χ2v) is 7.09. The molecule has 0 aromatic heterocycles. The van der Waals surface area contributed by atoms with Gasteiger partial charge < -0.3 is 5.32 Å². The molecule has 2 aromatic carbocycles. The largest absolute Gasteiger partial charge is 0.352 e. The molecule has 0 atom stereocenters. The van der Waals surface area contributed by atoms with E-state index in [0.717, 1.165) is 16.7 Å². The first-order chi connectivity index (χ1) is 10.8. The number of rotatable bonds is 5. The van der Waals surface area contributed by atoms with Crippen LogP contribution in [-0.4, -0.2) is 14.3 Å². The summed E-state index contributed by atoms with van der Waals surface area (Å²) in [7, 11) is -3.64. The number of carbonyl (C=O) groups excluding carboxylic acids is 1. The van der Waals surface area contributed by atoms with Gasteiger partial charge in [0.15, 0.2) is 0 Å². The Labute approximate surface area is 136 Å². The second kappa shape index (κ2) is 6.83. The van der Waals surface area contributed by atoms with Crippen molar-refractivity contribution in [2.45, 2.75) is 32.2 Å². The first-order valence-electron chi connectivity index (χ1n) is 7.22. The zero-order chi connectivity index (χ0) is 17.0. The van der Waals surface area contributed by atoms with Crippen molar-refractivity contribution < 1.29 is 13.2 Å². The zero-order valence-electron chi connectivity index (χ0n) is 13.4. The van der Waals surface area contributed by atoms with Crippen LogP contribution in [0.25, 0.3) is 0 Å². The van der Waals surface area contributed by atoms with Gasteiger partial charge in [-0.3, -0.25) is 9.52 Å². The third-order valence-corrected chi connectivity index (χ3v) is 5.01. The van der Waals surface area contributed by atoms with Crippen LogP contribution >= 0.6 is 0 Å². The van der Waals surface area contributed by atoms with E-state index in [4.69, 9.17) is 0 Å². The predicted octanol–water partition coefficient (Wildman–Crippen LogP) is 2.74. The average molecular weight is 332 g/mol. The van der Waals surface area contributed by atoms with Gasteiger partial charge in [-0.15, -0.1) is 0 Å². The summed E-state index contributed by atoms with van der Waals surface area (Å²) >= 11 is 0. The number of anilines is 1. The highest BCUT2D eigenvalue weighted by molar-refractivity contribution is 7.92. The predicted molar refractivity (Wildman–Crippen MR) is 90.7 cm³/mol. The minimum absolute atomic E-state index is 0.127. The Kier molecular flexibility index (Phi) is 5.05. The van der Waals surface area contributed by atoms with Gasteiger partial charge in [-0.25, -0.2) is 8.42 Å². The lowest BCUT2D eigenvalue weighted by Gasteiger charge is -2.12. The van der Waals surface area contributed by atoms with Gasteiger partial charge in [0.1, 0.15) is 0 Å². The molecule has 2 rings (SSSR count). The van der Waals surface area contributed by atoms with E-state index >= 15 is 0 Å². The lowest BCUT2D eigenvalue weighted by atomic mass is 10.1. The summed E-state index contributed by atoms with van der Waals surface area (Å²) in [5, 5.41) is 2.67. The molecule has 2 N–H and O–H groups in total. The fourth-order valence-corrected chi connectivity index (χ4v) is 3.20. The van der Waals surface area contributed by atoms with Gasteiger partial charge in [0, 0.05) is 13.5 Å². The van der Waals surface area contributed by atoms with E-state index in [1.54, 1.807) is 18.2 Å². The molecular formula is C17H20N2O3S. The van der Waals surface area contributed by atoms with Crippen LogP contribution in [0.1, 0.15) is 23.6 Å². The fourth-order valence-electron chi connectivity index (χ4n) is 2.08. The molecular weight excluding hydrogens is 312 g/mol. The van der Waals surface area contributed by atoms with E-state index in [9.17, 15) is 13.2 Å². The minimum atomic E-state index is -3.64. The van der Waals surface area contributed by atoms with E-state index in [-0.39, 0.29) is 10.8 Å². The maximum atomic E-state index is 12.5. The SMILES string of the molecule is CC(=O)NCc1ccc(S(=O)(=O)Nc2cccc(C)c2C)cc1. The minimum Gasteiger partial charge on any atom is -0.352 e. The van der Waals surface area contributed by atoms with Crippen LogP contribution < -0.4 is 10.0 Å². The quantitative estimate of drug-likeness (QED) is 0.884. The number of nitrogens with one attached hydrogen (secondary N) is 2. The lowest BCUT2D eigenvalue weighted by Crippen LogP contribution is -2.19. The van der Waals surface area contributed by atoms with Crippen molar-refractivity contribution in [1.82, 2.24) is 5.32 Å². The first-order valence-corrected chi connectivity index (χ1v) is 8.70. The molecule has 5 nitrogen and oxygen atoms in total. The average Bonchev–Trinajstić information content (AvgIpc) is 2.50. The van der Waals surface area contributed by atoms with E-state index in [2.05, 4.69) is 10.0 Å². The van der Waals surface area contributed by atoms with Crippen LogP contribution in [0.3, 0.4) is 0 Å². The van der Waals surface area contributed by atoms with Crippen molar-refractivity contribution in [2.24, 2.45) is 0 Å². The molecule has 0 saturated carbocycles. The zero-order valence-corrected chi connectivity index (χ0v) is 14.2. The van der Waals surface area contributed by atoms with Crippen molar-refractivity contribution >= 4 is 21.6 Å². The van der Waals surface area contributed by atoms with Crippen molar-refractivity contribution in [1.29, 1.82) is 0 Å². The number of hydrogen-bond donors (Lipinski definition) is 2. The van der Waals surface area contributed by atoms with Crippen molar-refractivity contribution in [2.75, 3.05) is 4.72 Å².